The average Bonchev–Trinajstić information content (AvgIpc) is 3.17. The van der Waals surface area contributed by atoms with Gasteiger partial charge in [-0.1, -0.05) is 20.3 Å². The van der Waals surface area contributed by atoms with Crippen molar-refractivity contribution in [3.63, 3.8) is 0 Å². The highest BCUT2D eigenvalue weighted by Gasteiger charge is 2.22. The largest absolute Gasteiger partial charge is 0.462 e. The average molecular weight is 306 g/mol. The Labute approximate surface area is 129 Å². The van der Waals surface area contributed by atoms with Crippen LogP contribution in [0.5, 0.6) is 0 Å². The van der Waals surface area contributed by atoms with E-state index in [2.05, 4.69) is 25.8 Å². The summed E-state index contributed by atoms with van der Waals surface area (Å²) in [4.78, 5) is 19.0. The van der Waals surface area contributed by atoms with E-state index in [1.54, 1.807) is 6.26 Å². The van der Waals surface area contributed by atoms with Gasteiger partial charge in [-0.2, -0.15) is 0 Å². The lowest BCUT2D eigenvalue weighted by Crippen LogP contribution is -2.39. The lowest BCUT2D eigenvalue weighted by atomic mass is 10.2. The first kappa shape index (κ1) is 15.8. The number of rotatable bonds is 7. The minimum Gasteiger partial charge on any atom is -0.462 e. The normalized spacial score (nSPS) is 12.3. The van der Waals surface area contributed by atoms with Crippen LogP contribution < -0.4 is 0 Å². The van der Waals surface area contributed by atoms with Gasteiger partial charge in [-0.25, -0.2) is 4.98 Å². The Kier molecular flexibility index (Phi) is 5.56. The fourth-order valence-corrected chi connectivity index (χ4v) is 2.86. The number of hydrogen-bond donors (Lipinski definition) is 0. The van der Waals surface area contributed by atoms with Crippen molar-refractivity contribution in [1.29, 1.82) is 0 Å². The third-order valence-corrected chi connectivity index (χ3v) is 4.45. The summed E-state index contributed by atoms with van der Waals surface area (Å²) < 4.78 is 5.33. The highest BCUT2D eigenvalue weighted by atomic mass is 32.1. The second kappa shape index (κ2) is 7.41. The maximum Gasteiger partial charge on any atom is 0.273 e. The summed E-state index contributed by atoms with van der Waals surface area (Å²) in [7, 11) is 0. The third-order valence-electron chi connectivity index (χ3n) is 3.59. The first-order valence-corrected chi connectivity index (χ1v) is 8.35. The van der Waals surface area contributed by atoms with Gasteiger partial charge >= 0.3 is 0 Å². The topological polar surface area (TPSA) is 46.3 Å². The Morgan fingerprint density at radius 1 is 1.48 bits per heavy atom. The molecule has 0 aromatic carbocycles. The summed E-state index contributed by atoms with van der Waals surface area (Å²) in [5, 5.41) is 2.57. The maximum atomic E-state index is 12.7. The standard InChI is InChI=1S/C16H22N2O2S/c1-4-6-9-18(12(3)5-2)16(19)13-11-21-15(17-13)14-8-7-10-20-14/h7-8,10-12H,4-6,9H2,1-3H3. The van der Waals surface area contributed by atoms with Gasteiger partial charge in [0, 0.05) is 18.0 Å². The quantitative estimate of drug-likeness (QED) is 0.759. The smallest absolute Gasteiger partial charge is 0.273 e. The van der Waals surface area contributed by atoms with Gasteiger partial charge in [0.15, 0.2) is 10.8 Å². The molecule has 1 atom stereocenters. The minimum atomic E-state index is 0.0202. The Balaban J connectivity index is 2.16. The predicted octanol–water partition coefficient (Wildman–Crippen LogP) is 4.44. The maximum absolute atomic E-state index is 12.7. The second-order valence-electron chi connectivity index (χ2n) is 5.12. The van der Waals surface area contributed by atoms with Gasteiger partial charge in [0.05, 0.1) is 6.26 Å². The van der Waals surface area contributed by atoms with Gasteiger partial charge in [0.2, 0.25) is 0 Å². The molecule has 0 radical (unpaired) electrons. The molecular weight excluding hydrogens is 284 g/mol. The lowest BCUT2D eigenvalue weighted by Gasteiger charge is -2.27. The zero-order valence-electron chi connectivity index (χ0n) is 12.8. The first-order chi connectivity index (χ1) is 10.2. The number of aromatic nitrogens is 1. The molecule has 0 spiro atoms. The van der Waals surface area contributed by atoms with Crippen molar-refractivity contribution < 1.29 is 9.21 Å². The minimum absolute atomic E-state index is 0.0202. The van der Waals surface area contributed by atoms with Crippen LogP contribution in [0, 0.1) is 0 Å². The monoisotopic (exact) mass is 306 g/mol. The van der Waals surface area contributed by atoms with Crippen molar-refractivity contribution >= 4 is 17.2 Å². The lowest BCUT2D eigenvalue weighted by molar-refractivity contribution is 0.0680. The number of furan rings is 1. The molecule has 0 saturated carbocycles. The van der Waals surface area contributed by atoms with Gasteiger partial charge in [0.1, 0.15) is 5.69 Å². The molecule has 0 fully saturated rings. The molecule has 0 aliphatic carbocycles. The van der Waals surface area contributed by atoms with Crippen molar-refractivity contribution in [2.24, 2.45) is 0 Å². The summed E-state index contributed by atoms with van der Waals surface area (Å²) >= 11 is 1.44. The van der Waals surface area contributed by atoms with E-state index in [-0.39, 0.29) is 11.9 Å². The fraction of sp³-hybridized carbons (Fsp3) is 0.500. The molecule has 2 aromatic heterocycles. The van der Waals surface area contributed by atoms with Crippen molar-refractivity contribution in [2.75, 3.05) is 6.54 Å². The molecule has 2 heterocycles. The number of carbonyl (C=O) groups is 1. The summed E-state index contributed by atoms with van der Waals surface area (Å²) in [6, 6.07) is 3.92. The Morgan fingerprint density at radius 2 is 2.29 bits per heavy atom. The predicted molar refractivity (Wildman–Crippen MR) is 85.5 cm³/mol. The molecule has 2 rings (SSSR count). The fourth-order valence-electron chi connectivity index (χ4n) is 2.10. The highest BCUT2D eigenvalue weighted by molar-refractivity contribution is 7.13. The molecule has 4 nitrogen and oxygen atoms in total. The number of carbonyl (C=O) groups excluding carboxylic acids is 1. The van der Waals surface area contributed by atoms with Crippen LogP contribution in [0.15, 0.2) is 28.2 Å². The molecule has 1 unspecified atom stereocenters. The number of thiazole rings is 1. The van der Waals surface area contributed by atoms with Gasteiger partial charge in [-0.3, -0.25) is 4.79 Å². The van der Waals surface area contributed by atoms with E-state index in [0.717, 1.165) is 30.8 Å². The van der Waals surface area contributed by atoms with Crippen LogP contribution in [0.25, 0.3) is 10.8 Å². The van der Waals surface area contributed by atoms with E-state index in [9.17, 15) is 4.79 Å². The molecule has 5 heteroatoms. The molecule has 21 heavy (non-hydrogen) atoms. The molecule has 0 aliphatic rings. The molecule has 2 aromatic rings. The summed E-state index contributed by atoms with van der Waals surface area (Å²) in [6.07, 6.45) is 4.66. The van der Waals surface area contributed by atoms with Crippen LogP contribution in [-0.4, -0.2) is 28.4 Å². The van der Waals surface area contributed by atoms with Crippen LogP contribution in [0.1, 0.15) is 50.5 Å². The van der Waals surface area contributed by atoms with E-state index >= 15 is 0 Å². The third kappa shape index (κ3) is 3.73. The number of nitrogens with zero attached hydrogens (tertiary/aromatic N) is 2. The van der Waals surface area contributed by atoms with Gasteiger partial charge in [-0.05, 0) is 31.9 Å². The SMILES string of the molecule is CCCCN(C(=O)c1csc(-c2ccco2)n1)C(C)CC. The van der Waals surface area contributed by atoms with E-state index in [1.807, 2.05) is 22.4 Å². The van der Waals surface area contributed by atoms with Crippen LogP contribution in [0.3, 0.4) is 0 Å². The summed E-state index contributed by atoms with van der Waals surface area (Å²) in [5.41, 5.74) is 0.516. The Hall–Kier alpha value is -1.62. The first-order valence-electron chi connectivity index (χ1n) is 7.47. The molecule has 0 bridgehead atoms. The van der Waals surface area contributed by atoms with Crippen LogP contribution in [-0.2, 0) is 0 Å². The van der Waals surface area contributed by atoms with Crippen LogP contribution in [0.4, 0.5) is 0 Å². The van der Waals surface area contributed by atoms with E-state index in [4.69, 9.17) is 4.42 Å². The molecule has 114 valence electrons. The molecule has 1 amide bonds. The number of hydrogen-bond acceptors (Lipinski definition) is 4. The Morgan fingerprint density at radius 3 is 2.90 bits per heavy atom. The van der Waals surface area contributed by atoms with Crippen molar-refractivity contribution in [3.05, 3.63) is 29.5 Å². The van der Waals surface area contributed by atoms with Crippen LogP contribution in [0.2, 0.25) is 0 Å². The molecular formula is C16H22N2O2S. The van der Waals surface area contributed by atoms with E-state index < -0.39 is 0 Å². The second-order valence-corrected chi connectivity index (χ2v) is 5.98. The molecule has 0 saturated heterocycles. The van der Waals surface area contributed by atoms with Gasteiger partial charge in [0.25, 0.3) is 5.91 Å². The number of unbranched alkanes of at least 4 members (excludes halogenated alkanes) is 1. The van der Waals surface area contributed by atoms with Gasteiger partial charge in [-0.15, -0.1) is 11.3 Å². The van der Waals surface area contributed by atoms with E-state index in [1.165, 1.54) is 11.3 Å². The van der Waals surface area contributed by atoms with Crippen LogP contribution >= 0.6 is 11.3 Å². The Bertz CT molecular complexity index is 563. The highest BCUT2D eigenvalue weighted by Crippen LogP contribution is 2.25. The van der Waals surface area contributed by atoms with E-state index in [0.29, 0.717) is 11.5 Å². The summed E-state index contributed by atoms with van der Waals surface area (Å²) in [6.45, 7) is 7.12. The zero-order valence-corrected chi connectivity index (χ0v) is 13.7. The van der Waals surface area contributed by atoms with Gasteiger partial charge < -0.3 is 9.32 Å². The van der Waals surface area contributed by atoms with Crippen molar-refractivity contribution in [1.82, 2.24) is 9.88 Å². The molecule has 0 N–H and O–H groups in total. The molecule has 0 aliphatic heterocycles. The van der Waals surface area contributed by atoms with Crippen molar-refractivity contribution in [2.45, 2.75) is 46.1 Å². The van der Waals surface area contributed by atoms with Crippen molar-refractivity contribution in [3.8, 4) is 10.8 Å². The summed E-state index contributed by atoms with van der Waals surface area (Å²) in [5.74, 6) is 0.731. The number of amides is 1. The zero-order chi connectivity index (χ0) is 15.2.